The van der Waals surface area contributed by atoms with Crippen molar-refractivity contribution in [2.24, 2.45) is 0 Å². The Kier molecular flexibility index (Phi) is 5.02. The fourth-order valence-corrected chi connectivity index (χ4v) is 1.51. The summed E-state index contributed by atoms with van der Waals surface area (Å²) in [5.41, 5.74) is 0.760. The Morgan fingerprint density at radius 2 is 2.24 bits per heavy atom. The molecule has 0 aliphatic carbocycles. The first-order chi connectivity index (χ1) is 8.13. The van der Waals surface area contributed by atoms with Gasteiger partial charge in [-0.2, -0.15) is 5.26 Å². The Morgan fingerprint density at radius 1 is 1.53 bits per heavy atom. The van der Waals surface area contributed by atoms with Gasteiger partial charge in [0.25, 0.3) is 0 Å². The molecular weight excluding hydrogens is 216 g/mol. The third-order valence-corrected chi connectivity index (χ3v) is 2.42. The summed E-state index contributed by atoms with van der Waals surface area (Å²) in [5.74, 6) is 0.112. The van der Waals surface area contributed by atoms with Crippen molar-refractivity contribution in [3.63, 3.8) is 0 Å². The van der Waals surface area contributed by atoms with E-state index in [9.17, 15) is 9.90 Å². The van der Waals surface area contributed by atoms with Crippen LogP contribution in [0.15, 0.2) is 24.3 Å². The maximum atomic E-state index is 11.5. The molecule has 0 spiro atoms. The fraction of sp³-hybridized carbons (Fsp3) is 0.385. The number of carbonyl (C=O) groups excluding carboxylic acids is 1. The number of nitrogens with one attached hydrogen (secondary N) is 1. The molecule has 0 radical (unpaired) electrons. The molecule has 1 rings (SSSR count). The van der Waals surface area contributed by atoms with Gasteiger partial charge in [-0.05, 0) is 25.0 Å². The van der Waals surface area contributed by atoms with Crippen LogP contribution in [-0.2, 0) is 11.2 Å². The van der Waals surface area contributed by atoms with E-state index in [1.54, 1.807) is 25.1 Å². The van der Waals surface area contributed by atoms with Crippen molar-refractivity contribution in [2.45, 2.75) is 32.2 Å². The summed E-state index contributed by atoms with van der Waals surface area (Å²) < 4.78 is 0. The van der Waals surface area contributed by atoms with Crippen LogP contribution < -0.4 is 5.32 Å². The van der Waals surface area contributed by atoms with Crippen LogP contribution >= 0.6 is 0 Å². The second kappa shape index (κ2) is 6.54. The third kappa shape index (κ3) is 4.56. The molecule has 0 aromatic heterocycles. The van der Waals surface area contributed by atoms with Crippen LogP contribution in [0.2, 0.25) is 0 Å². The number of nitriles is 1. The predicted octanol–water partition coefficient (Wildman–Crippen LogP) is 1.74. The molecule has 4 nitrogen and oxygen atoms in total. The average molecular weight is 232 g/mol. The first kappa shape index (κ1) is 13.0. The molecule has 0 heterocycles. The number of phenols is 1. The lowest BCUT2D eigenvalue weighted by Crippen LogP contribution is -2.32. The number of amides is 1. The molecule has 0 saturated carbocycles. The van der Waals surface area contributed by atoms with Crippen LogP contribution in [0, 0.1) is 11.3 Å². The maximum absolute atomic E-state index is 11.5. The van der Waals surface area contributed by atoms with Crippen LogP contribution in [0.4, 0.5) is 0 Å². The molecule has 4 heteroatoms. The van der Waals surface area contributed by atoms with Crippen LogP contribution in [0.25, 0.3) is 0 Å². The second-order valence-corrected chi connectivity index (χ2v) is 3.96. The topological polar surface area (TPSA) is 73.1 Å². The molecular formula is C13H16N2O2. The van der Waals surface area contributed by atoms with E-state index in [-0.39, 0.29) is 17.7 Å². The van der Waals surface area contributed by atoms with Crippen LogP contribution in [0.1, 0.15) is 25.3 Å². The molecule has 2 N–H and O–H groups in total. The summed E-state index contributed by atoms with van der Waals surface area (Å²) in [6.07, 6.45) is 1.12. The molecule has 0 saturated heterocycles. The summed E-state index contributed by atoms with van der Waals surface area (Å²) in [6, 6.07) is 8.84. The average Bonchev–Trinajstić information content (AvgIpc) is 2.28. The van der Waals surface area contributed by atoms with Gasteiger partial charge >= 0.3 is 0 Å². The van der Waals surface area contributed by atoms with Crippen molar-refractivity contribution in [1.29, 1.82) is 5.26 Å². The highest BCUT2D eigenvalue weighted by Crippen LogP contribution is 2.17. The minimum Gasteiger partial charge on any atom is -0.508 e. The molecule has 0 unspecified atom stereocenters. The van der Waals surface area contributed by atoms with Crippen LogP contribution in [0.5, 0.6) is 5.75 Å². The zero-order chi connectivity index (χ0) is 12.7. The van der Waals surface area contributed by atoms with Crippen molar-refractivity contribution in [2.75, 3.05) is 0 Å². The number of aromatic hydroxyl groups is 1. The van der Waals surface area contributed by atoms with Crippen molar-refractivity contribution < 1.29 is 9.90 Å². The standard InChI is InChI=1S/C13H16N2O2/c1-10(8-9-14)15-13(17)7-6-11-4-2-3-5-12(11)16/h2-5,10,16H,6-8H2,1H3,(H,15,17)/t10-/m1/s1. The lowest BCUT2D eigenvalue weighted by molar-refractivity contribution is -0.121. The van der Waals surface area contributed by atoms with E-state index in [1.807, 2.05) is 12.1 Å². The normalized spacial score (nSPS) is 11.5. The van der Waals surface area contributed by atoms with E-state index in [0.29, 0.717) is 19.3 Å². The summed E-state index contributed by atoms with van der Waals surface area (Å²) in [7, 11) is 0. The highest BCUT2D eigenvalue weighted by Gasteiger charge is 2.08. The van der Waals surface area contributed by atoms with E-state index in [1.165, 1.54) is 0 Å². The van der Waals surface area contributed by atoms with Gasteiger partial charge in [0.1, 0.15) is 5.75 Å². The van der Waals surface area contributed by atoms with Gasteiger partial charge in [0.2, 0.25) is 5.91 Å². The van der Waals surface area contributed by atoms with Crippen molar-refractivity contribution in [3.8, 4) is 11.8 Å². The summed E-state index contributed by atoms with van der Waals surface area (Å²) in [5, 5.41) is 20.7. The number of aryl methyl sites for hydroxylation is 1. The number of hydrogen-bond donors (Lipinski definition) is 2. The molecule has 17 heavy (non-hydrogen) atoms. The van der Waals surface area contributed by atoms with Crippen LogP contribution in [0.3, 0.4) is 0 Å². The largest absolute Gasteiger partial charge is 0.508 e. The number of phenolic OH excluding ortho intramolecular Hbond substituents is 1. The molecule has 1 amide bonds. The molecule has 0 fully saturated rings. The molecule has 90 valence electrons. The highest BCUT2D eigenvalue weighted by molar-refractivity contribution is 5.76. The van der Waals surface area contributed by atoms with Gasteiger partial charge in [-0.1, -0.05) is 18.2 Å². The Labute approximate surface area is 101 Å². The van der Waals surface area contributed by atoms with Crippen molar-refractivity contribution >= 4 is 5.91 Å². The predicted molar refractivity (Wildman–Crippen MR) is 64.3 cm³/mol. The van der Waals surface area contributed by atoms with Gasteiger partial charge in [0.15, 0.2) is 0 Å². The minimum absolute atomic E-state index is 0.101. The molecule has 1 aromatic carbocycles. The summed E-state index contributed by atoms with van der Waals surface area (Å²) in [4.78, 5) is 11.5. The first-order valence-corrected chi connectivity index (χ1v) is 5.56. The van der Waals surface area contributed by atoms with Gasteiger partial charge in [0, 0.05) is 12.5 Å². The Morgan fingerprint density at radius 3 is 2.88 bits per heavy atom. The van der Waals surface area contributed by atoms with E-state index in [2.05, 4.69) is 5.32 Å². The second-order valence-electron chi connectivity index (χ2n) is 3.96. The Balaban J connectivity index is 2.39. The number of hydrogen-bond acceptors (Lipinski definition) is 3. The number of nitrogens with zero attached hydrogens (tertiary/aromatic N) is 1. The maximum Gasteiger partial charge on any atom is 0.220 e. The summed E-state index contributed by atoms with van der Waals surface area (Å²) >= 11 is 0. The number of rotatable bonds is 5. The van der Waals surface area contributed by atoms with Crippen molar-refractivity contribution in [1.82, 2.24) is 5.32 Å². The van der Waals surface area contributed by atoms with Crippen molar-refractivity contribution in [3.05, 3.63) is 29.8 Å². The van der Waals surface area contributed by atoms with E-state index >= 15 is 0 Å². The Hall–Kier alpha value is -2.02. The van der Waals surface area contributed by atoms with Gasteiger partial charge in [0.05, 0.1) is 12.5 Å². The zero-order valence-electron chi connectivity index (χ0n) is 9.81. The highest BCUT2D eigenvalue weighted by atomic mass is 16.3. The lowest BCUT2D eigenvalue weighted by Gasteiger charge is -2.10. The smallest absolute Gasteiger partial charge is 0.220 e. The lowest BCUT2D eigenvalue weighted by atomic mass is 10.1. The summed E-state index contributed by atoms with van der Waals surface area (Å²) in [6.45, 7) is 1.79. The fourth-order valence-electron chi connectivity index (χ4n) is 1.51. The van der Waals surface area contributed by atoms with Gasteiger partial charge in [-0.15, -0.1) is 0 Å². The zero-order valence-corrected chi connectivity index (χ0v) is 9.81. The SMILES string of the molecule is C[C@H](CC#N)NC(=O)CCc1ccccc1O. The number of para-hydroxylation sites is 1. The van der Waals surface area contributed by atoms with E-state index < -0.39 is 0 Å². The molecule has 0 bridgehead atoms. The Bertz CT molecular complexity index is 424. The molecule has 1 atom stereocenters. The quantitative estimate of drug-likeness (QED) is 0.812. The monoisotopic (exact) mass is 232 g/mol. The molecule has 0 aliphatic heterocycles. The third-order valence-electron chi connectivity index (χ3n) is 2.42. The minimum atomic E-state index is -0.128. The van der Waals surface area contributed by atoms with E-state index in [0.717, 1.165) is 5.56 Å². The molecule has 1 aromatic rings. The molecule has 0 aliphatic rings. The van der Waals surface area contributed by atoms with Gasteiger partial charge in [-0.3, -0.25) is 4.79 Å². The number of benzene rings is 1. The number of carbonyl (C=O) groups is 1. The first-order valence-electron chi connectivity index (χ1n) is 5.56. The van der Waals surface area contributed by atoms with Gasteiger partial charge in [-0.25, -0.2) is 0 Å². The van der Waals surface area contributed by atoms with Crippen LogP contribution in [-0.4, -0.2) is 17.1 Å². The van der Waals surface area contributed by atoms with Gasteiger partial charge < -0.3 is 10.4 Å². The van der Waals surface area contributed by atoms with E-state index in [4.69, 9.17) is 5.26 Å².